The molecule has 30 heavy (non-hydrogen) atoms. The summed E-state index contributed by atoms with van der Waals surface area (Å²) in [5, 5.41) is 21.4. The maximum Gasteiger partial charge on any atom is 0.235 e. The van der Waals surface area contributed by atoms with Gasteiger partial charge in [0.1, 0.15) is 5.75 Å². The highest BCUT2D eigenvalue weighted by Gasteiger charge is 2.69. The Morgan fingerprint density at radius 1 is 1.20 bits per heavy atom. The molecule has 1 amide bonds. The van der Waals surface area contributed by atoms with Gasteiger partial charge in [0, 0.05) is 12.1 Å². The molecule has 0 bridgehead atoms. The molecule has 158 valence electrons. The van der Waals surface area contributed by atoms with Crippen LogP contribution in [0.3, 0.4) is 0 Å². The highest BCUT2D eigenvalue weighted by atomic mass is 16.3. The Balaban J connectivity index is 1.87. The molecule has 4 N–H and O–H groups in total. The molecule has 2 unspecified atom stereocenters. The minimum absolute atomic E-state index is 0.0273. The van der Waals surface area contributed by atoms with E-state index in [-0.39, 0.29) is 24.2 Å². The average Bonchev–Trinajstić information content (AvgIpc) is 2.64. The molecular formula is C20H21N3O7. The highest BCUT2D eigenvalue weighted by molar-refractivity contribution is 6.32. The third-order valence-electron chi connectivity index (χ3n) is 6.67. The molecule has 0 saturated heterocycles. The number of aliphatic hydroxyl groups is 1. The van der Waals surface area contributed by atoms with Crippen LogP contribution in [0.2, 0.25) is 0 Å². The number of aromatic hydroxyl groups is 1. The molecule has 6 atom stereocenters. The Morgan fingerprint density at radius 2 is 1.87 bits per heavy atom. The smallest absolute Gasteiger partial charge is 0.235 e. The Hall–Kier alpha value is -2.98. The van der Waals surface area contributed by atoms with E-state index < -0.39 is 64.4 Å². The second-order valence-electron chi connectivity index (χ2n) is 8.48. The summed E-state index contributed by atoms with van der Waals surface area (Å²) >= 11 is 0. The second-order valence-corrected chi connectivity index (χ2v) is 8.48. The maximum atomic E-state index is 13.4. The number of Topliss-reactive ketones (excluding diaryl/α,β-unsaturated/α-hetero) is 4. The Labute approximate surface area is 171 Å². The van der Waals surface area contributed by atoms with E-state index in [0.29, 0.717) is 5.56 Å². The molecule has 0 aliphatic heterocycles. The van der Waals surface area contributed by atoms with E-state index in [4.69, 9.17) is 5.73 Å². The molecule has 0 spiro atoms. The number of ketones is 4. The predicted octanol–water partition coefficient (Wildman–Crippen LogP) is -1.74. The zero-order valence-electron chi connectivity index (χ0n) is 16.4. The zero-order valence-corrected chi connectivity index (χ0v) is 16.4. The number of fused-ring (bicyclic) bond motifs is 3. The number of hydrogen-bond acceptors (Lipinski definition) is 9. The lowest BCUT2D eigenvalue weighted by Gasteiger charge is -2.52. The van der Waals surface area contributed by atoms with Crippen molar-refractivity contribution in [2.24, 2.45) is 29.4 Å². The van der Waals surface area contributed by atoms with Crippen LogP contribution >= 0.6 is 0 Å². The van der Waals surface area contributed by atoms with Gasteiger partial charge in [-0.05, 0) is 38.4 Å². The van der Waals surface area contributed by atoms with Gasteiger partial charge < -0.3 is 15.9 Å². The molecule has 3 aliphatic rings. The molecule has 10 heteroatoms. The standard InChI is InChI=1S/C20H21N3O7/c1-23(2)14-9-4-7-3-8-5-22-6-10(24)11(8)15(25)12(7)17(27)20(9,30)18(28)13(16(14)26)19(21)29/h5-7,9,12-14,24,30H,3-4H2,1-2H3,(H2,21,29)/t7-,9-,12?,13?,14-,20-/m0/s1. The Morgan fingerprint density at radius 3 is 2.47 bits per heavy atom. The molecule has 0 radical (unpaired) electrons. The lowest BCUT2D eigenvalue weighted by Crippen LogP contribution is -2.74. The summed E-state index contributed by atoms with van der Waals surface area (Å²) in [5.74, 6) is -10.5. The summed E-state index contributed by atoms with van der Waals surface area (Å²) < 4.78 is 0. The van der Waals surface area contributed by atoms with Crippen LogP contribution in [0, 0.1) is 23.7 Å². The molecule has 4 rings (SSSR count). The number of pyridine rings is 1. The molecular weight excluding hydrogens is 394 g/mol. The largest absolute Gasteiger partial charge is 0.506 e. The van der Waals surface area contributed by atoms with Crippen LogP contribution in [0.25, 0.3) is 0 Å². The molecule has 1 aromatic heterocycles. The summed E-state index contributed by atoms with van der Waals surface area (Å²) in [7, 11) is 3.08. The number of nitrogens with two attached hydrogens (primary N) is 1. The fraction of sp³-hybridized carbons (Fsp3) is 0.500. The van der Waals surface area contributed by atoms with E-state index in [1.165, 1.54) is 25.2 Å². The lowest BCUT2D eigenvalue weighted by atomic mass is 9.52. The first-order valence-corrected chi connectivity index (χ1v) is 9.52. The minimum atomic E-state index is -2.69. The van der Waals surface area contributed by atoms with Gasteiger partial charge in [-0.25, -0.2) is 0 Å². The van der Waals surface area contributed by atoms with E-state index in [1.807, 2.05) is 0 Å². The van der Waals surface area contributed by atoms with E-state index >= 15 is 0 Å². The number of amides is 1. The normalized spacial score (nSPS) is 35.7. The maximum absolute atomic E-state index is 13.4. The van der Waals surface area contributed by atoms with Crippen molar-refractivity contribution in [1.29, 1.82) is 0 Å². The van der Waals surface area contributed by atoms with E-state index in [1.54, 1.807) is 0 Å². The van der Waals surface area contributed by atoms with Crippen molar-refractivity contribution in [1.82, 2.24) is 9.88 Å². The fourth-order valence-electron chi connectivity index (χ4n) is 5.43. The topological polar surface area (TPSA) is 168 Å². The van der Waals surface area contributed by atoms with Gasteiger partial charge in [0.05, 0.1) is 23.7 Å². The van der Waals surface area contributed by atoms with Gasteiger partial charge in [0.15, 0.2) is 34.7 Å². The van der Waals surface area contributed by atoms with Gasteiger partial charge >= 0.3 is 0 Å². The third-order valence-corrected chi connectivity index (χ3v) is 6.67. The van der Waals surface area contributed by atoms with Crippen molar-refractivity contribution >= 4 is 29.0 Å². The van der Waals surface area contributed by atoms with Crippen molar-refractivity contribution in [3.63, 3.8) is 0 Å². The van der Waals surface area contributed by atoms with Crippen LogP contribution in [0.5, 0.6) is 5.75 Å². The van der Waals surface area contributed by atoms with Gasteiger partial charge in [-0.2, -0.15) is 0 Å². The van der Waals surface area contributed by atoms with Crippen molar-refractivity contribution in [3.8, 4) is 5.75 Å². The molecule has 1 heterocycles. The van der Waals surface area contributed by atoms with Crippen LogP contribution in [0.4, 0.5) is 0 Å². The summed E-state index contributed by atoms with van der Waals surface area (Å²) in [4.78, 5) is 69.6. The number of primary amides is 1. The molecule has 1 aromatic rings. The minimum Gasteiger partial charge on any atom is -0.506 e. The van der Waals surface area contributed by atoms with E-state index in [9.17, 15) is 34.2 Å². The van der Waals surface area contributed by atoms with Crippen LogP contribution in [-0.4, -0.2) is 74.9 Å². The van der Waals surface area contributed by atoms with Crippen molar-refractivity contribution in [2.75, 3.05) is 14.1 Å². The predicted molar refractivity (Wildman–Crippen MR) is 99.2 cm³/mol. The van der Waals surface area contributed by atoms with Crippen molar-refractivity contribution < 1.29 is 34.2 Å². The summed E-state index contributed by atoms with van der Waals surface area (Å²) in [6.45, 7) is 0. The molecule has 2 saturated carbocycles. The summed E-state index contributed by atoms with van der Waals surface area (Å²) in [6.07, 6.45) is 2.75. The number of rotatable bonds is 2. The third kappa shape index (κ3) is 2.43. The lowest BCUT2D eigenvalue weighted by molar-refractivity contribution is -0.181. The molecule has 3 aliphatic carbocycles. The summed E-state index contributed by atoms with van der Waals surface area (Å²) in [5.41, 5.74) is 2.96. The van der Waals surface area contributed by atoms with Gasteiger partial charge in [-0.1, -0.05) is 0 Å². The first-order valence-electron chi connectivity index (χ1n) is 9.52. The number of carbonyl (C=O) groups is 5. The number of likely N-dealkylation sites (N-methyl/N-ethyl adjacent to an activating group) is 1. The number of nitrogens with zero attached hydrogens (tertiary/aromatic N) is 2. The van der Waals surface area contributed by atoms with Crippen LogP contribution in [0.15, 0.2) is 12.4 Å². The average molecular weight is 415 g/mol. The Kier molecular flexibility index (Phi) is 4.41. The van der Waals surface area contributed by atoms with E-state index in [0.717, 1.165) is 6.20 Å². The molecule has 2 fully saturated rings. The van der Waals surface area contributed by atoms with Gasteiger partial charge in [-0.3, -0.25) is 33.9 Å². The monoisotopic (exact) mass is 415 g/mol. The van der Waals surface area contributed by atoms with Gasteiger partial charge in [-0.15, -0.1) is 0 Å². The first-order chi connectivity index (χ1) is 14.0. The van der Waals surface area contributed by atoms with E-state index in [2.05, 4.69) is 4.98 Å². The number of hydrogen-bond donors (Lipinski definition) is 3. The van der Waals surface area contributed by atoms with Gasteiger partial charge in [0.2, 0.25) is 5.91 Å². The van der Waals surface area contributed by atoms with Crippen molar-refractivity contribution in [2.45, 2.75) is 24.5 Å². The van der Waals surface area contributed by atoms with Crippen LogP contribution < -0.4 is 5.73 Å². The highest BCUT2D eigenvalue weighted by Crippen LogP contribution is 2.50. The molecule has 0 aromatic carbocycles. The van der Waals surface area contributed by atoms with Crippen molar-refractivity contribution in [3.05, 3.63) is 23.5 Å². The fourth-order valence-corrected chi connectivity index (χ4v) is 5.43. The second kappa shape index (κ2) is 6.51. The van der Waals surface area contributed by atoms with Gasteiger partial charge in [0.25, 0.3) is 0 Å². The number of carbonyl (C=O) groups excluding carboxylic acids is 5. The quantitative estimate of drug-likeness (QED) is 0.475. The SMILES string of the molecule is CN(C)[C@@H]1C(=O)C(C(N)=O)C(=O)[C@@]2(O)C(=O)C3C(=O)c4c(O)cncc4C[C@H]3C[C@@H]12. The summed E-state index contributed by atoms with van der Waals surface area (Å²) in [6, 6.07) is -1.10. The number of aromatic nitrogens is 1. The first kappa shape index (κ1) is 20.3. The zero-order chi connectivity index (χ0) is 22.1. The Bertz CT molecular complexity index is 1020. The molecule has 10 nitrogen and oxygen atoms in total. The van der Waals surface area contributed by atoms with Crippen LogP contribution in [-0.2, 0) is 25.6 Å². The van der Waals surface area contributed by atoms with Crippen LogP contribution in [0.1, 0.15) is 22.3 Å².